The summed E-state index contributed by atoms with van der Waals surface area (Å²) in [5, 5.41) is 6.11. The average molecular weight is 524 g/mol. The third-order valence-corrected chi connectivity index (χ3v) is 6.54. The van der Waals surface area contributed by atoms with Crippen molar-refractivity contribution in [3.05, 3.63) is 98.7 Å². The van der Waals surface area contributed by atoms with Crippen molar-refractivity contribution in [3.63, 3.8) is 0 Å². The van der Waals surface area contributed by atoms with Crippen LogP contribution in [0.1, 0.15) is 27.0 Å². The van der Waals surface area contributed by atoms with Crippen molar-refractivity contribution in [1.82, 2.24) is 4.90 Å². The quantitative estimate of drug-likeness (QED) is 0.390. The molecular weight excluding hydrogens is 501 g/mol. The van der Waals surface area contributed by atoms with Gasteiger partial charge in [0.2, 0.25) is 0 Å². The van der Waals surface area contributed by atoms with Crippen molar-refractivity contribution in [2.75, 3.05) is 17.7 Å². The first-order valence-electron chi connectivity index (χ1n) is 11.0. The molecule has 0 radical (unpaired) electrons. The molecule has 7 nitrogen and oxygen atoms in total. The Hall–Kier alpha value is -3.81. The number of amides is 3. The van der Waals surface area contributed by atoms with Crippen LogP contribution >= 0.6 is 23.2 Å². The minimum atomic E-state index is -0.579. The van der Waals surface area contributed by atoms with E-state index in [-0.39, 0.29) is 17.3 Å². The molecular formula is C27H23Cl2N3O4. The second-order valence-corrected chi connectivity index (χ2v) is 9.07. The Morgan fingerprint density at radius 2 is 1.64 bits per heavy atom. The van der Waals surface area contributed by atoms with E-state index in [1.165, 1.54) is 7.11 Å². The Labute approximate surface area is 218 Å². The van der Waals surface area contributed by atoms with Gasteiger partial charge in [0.15, 0.2) is 0 Å². The number of anilines is 2. The predicted molar refractivity (Wildman–Crippen MR) is 140 cm³/mol. The molecule has 0 aromatic heterocycles. The van der Waals surface area contributed by atoms with E-state index in [2.05, 4.69) is 10.6 Å². The number of nitrogens with one attached hydrogen (secondary N) is 2. The van der Waals surface area contributed by atoms with Gasteiger partial charge in [-0.3, -0.25) is 19.3 Å². The van der Waals surface area contributed by atoms with E-state index in [0.29, 0.717) is 27.7 Å². The number of ether oxygens (including phenoxy) is 1. The summed E-state index contributed by atoms with van der Waals surface area (Å²) in [6.07, 6.45) is 0. The number of halogens is 2. The van der Waals surface area contributed by atoms with Crippen molar-refractivity contribution in [1.29, 1.82) is 0 Å². The first-order chi connectivity index (χ1) is 17.2. The number of hydrogen-bond acceptors (Lipinski definition) is 5. The van der Waals surface area contributed by atoms with Gasteiger partial charge in [-0.25, -0.2) is 0 Å². The van der Waals surface area contributed by atoms with Crippen LogP contribution in [-0.4, -0.2) is 29.7 Å². The lowest BCUT2D eigenvalue weighted by Crippen LogP contribution is -2.31. The van der Waals surface area contributed by atoms with Gasteiger partial charge in [0.1, 0.15) is 16.5 Å². The summed E-state index contributed by atoms with van der Waals surface area (Å²) in [5.41, 5.74) is 3.57. The molecule has 0 spiro atoms. The largest absolute Gasteiger partial charge is 0.495 e. The van der Waals surface area contributed by atoms with Gasteiger partial charge < -0.3 is 15.4 Å². The number of aryl methyl sites for hydroxylation is 2. The Morgan fingerprint density at radius 3 is 2.33 bits per heavy atom. The van der Waals surface area contributed by atoms with Gasteiger partial charge in [-0.15, -0.1) is 0 Å². The predicted octanol–water partition coefficient (Wildman–Crippen LogP) is 5.65. The molecule has 36 heavy (non-hydrogen) atoms. The van der Waals surface area contributed by atoms with Gasteiger partial charge in [-0.2, -0.15) is 0 Å². The fraction of sp³-hybridized carbons (Fsp3) is 0.148. The highest BCUT2D eigenvalue weighted by atomic mass is 35.5. The molecule has 184 valence electrons. The van der Waals surface area contributed by atoms with E-state index in [4.69, 9.17) is 27.9 Å². The lowest BCUT2D eigenvalue weighted by atomic mass is 10.1. The first-order valence-corrected chi connectivity index (χ1v) is 11.8. The summed E-state index contributed by atoms with van der Waals surface area (Å²) in [5.74, 6) is -1.08. The summed E-state index contributed by atoms with van der Waals surface area (Å²) in [6, 6.07) is 17.5. The van der Waals surface area contributed by atoms with E-state index in [1.807, 2.05) is 44.2 Å². The van der Waals surface area contributed by atoms with Crippen molar-refractivity contribution in [2.24, 2.45) is 0 Å². The van der Waals surface area contributed by atoms with Gasteiger partial charge >= 0.3 is 0 Å². The van der Waals surface area contributed by atoms with Gasteiger partial charge in [0.25, 0.3) is 17.7 Å². The zero-order chi connectivity index (χ0) is 26.0. The van der Waals surface area contributed by atoms with Crippen LogP contribution in [0.5, 0.6) is 5.75 Å². The summed E-state index contributed by atoms with van der Waals surface area (Å²) >= 11 is 12.4. The van der Waals surface area contributed by atoms with Crippen LogP contribution in [-0.2, 0) is 16.1 Å². The molecule has 0 saturated heterocycles. The van der Waals surface area contributed by atoms with Crippen LogP contribution < -0.4 is 15.4 Å². The molecule has 9 heteroatoms. The van der Waals surface area contributed by atoms with E-state index in [1.54, 1.807) is 30.3 Å². The molecule has 0 atom stereocenters. The monoisotopic (exact) mass is 523 g/mol. The maximum absolute atomic E-state index is 13.0. The molecule has 4 rings (SSSR count). The molecule has 1 aliphatic heterocycles. The molecule has 0 fully saturated rings. The molecule has 1 aliphatic rings. The first kappa shape index (κ1) is 25.3. The van der Waals surface area contributed by atoms with Gasteiger partial charge in [-0.05, 0) is 48.7 Å². The van der Waals surface area contributed by atoms with Crippen LogP contribution in [0.15, 0.2) is 71.4 Å². The zero-order valence-electron chi connectivity index (χ0n) is 19.8. The van der Waals surface area contributed by atoms with E-state index in [0.717, 1.165) is 21.6 Å². The number of carbonyl (C=O) groups is 3. The van der Waals surface area contributed by atoms with E-state index < -0.39 is 17.7 Å². The smallest absolute Gasteiger partial charge is 0.279 e. The average Bonchev–Trinajstić information content (AvgIpc) is 3.06. The summed E-state index contributed by atoms with van der Waals surface area (Å²) < 4.78 is 5.33. The normalized spacial score (nSPS) is 13.3. The minimum absolute atomic E-state index is 0.0340. The van der Waals surface area contributed by atoms with Crippen molar-refractivity contribution in [3.8, 4) is 5.75 Å². The minimum Gasteiger partial charge on any atom is -0.495 e. The molecule has 0 saturated carbocycles. The fourth-order valence-corrected chi connectivity index (χ4v) is 4.11. The lowest BCUT2D eigenvalue weighted by molar-refractivity contribution is -0.138. The number of hydrogen-bond donors (Lipinski definition) is 2. The molecule has 2 N–H and O–H groups in total. The van der Waals surface area contributed by atoms with Crippen LogP contribution in [0.3, 0.4) is 0 Å². The van der Waals surface area contributed by atoms with Crippen molar-refractivity contribution >= 4 is 52.3 Å². The van der Waals surface area contributed by atoms with Gasteiger partial charge in [0, 0.05) is 22.3 Å². The highest BCUT2D eigenvalue weighted by molar-refractivity contribution is 6.48. The number of benzene rings is 3. The number of nitrogens with zero attached hydrogens (tertiary/aromatic N) is 1. The second kappa shape index (κ2) is 10.4. The van der Waals surface area contributed by atoms with Crippen molar-refractivity contribution in [2.45, 2.75) is 20.4 Å². The third kappa shape index (κ3) is 5.08. The number of methoxy groups -OCH3 is 1. The van der Waals surface area contributed by atoms with Crippen LogP contribution in [0, 0.1) is 13.8 Å². The number of carbonyl (C=O) groups excluding carboxylic acids is 3. The van der Waals surface area contributed by atoms with Crippen LogP contribution in [0.25, 0.3) is 0 Å². The van der Waals surface area contributed by atoms with E-state index >= 15 is 0 Å². The fourth-order valence-electron chi connectivity index (χ4n) is 3.72. The maximum atomic E-state index is 13.0. The van der Waals surface area contributed by atoms with Crippen LogP contribution in [0.4, 0.5) is 11.4 Å². The summed E-state index contributed by atoms with van der Waals surface area (Å²) in [6.45, 7) is 3.74. The molecule has 1 heterocycles. The highest BCUT2D eigenvalue weighted by Gasteiger charge is 2.38. The highest BCUT2D eigenvalue weighted by Crippen LogP contribution is 2.32. The molecule has 3 amide bonds. The Balaban J connectivity index is 1.56. The zero-order valence-corrected chi connectivity index (χ0v) is 21.3. The Morgan fingerprint density at radius 1 is 0.917 bits per heavy atom. The van der Waals surface area contributed by atoms with Crippen LogP contribution in [0.2, 0.25) is 5.02 Å². The second-order valence-electron chi connectivity index (χ2n) is 8.28. The number of imide groups is 1. The summed E-state index contributed by atoms with van der Waals surface area (Å²) in [4.78, 5) is 39.8. The Kier molecular flexibility index (Phi) is 7.33. The number of rotatable bonds is 7. The standard InChI is InChI=1S/C27H23Cl2N3O4/c1-15-9-10-18(25(33)31-21-11-16(2)19(28)13-22(21)36-3)12-20(15)30-24-23(29)26(34)32(27(24)35)14-17-7-5-4-6-8-17/h4-13,30H,14H2,1-3H3,(H,31,33). The SMILES string of the molecule is COc1cc(Cl)c(C)cc1NC(=O)c1ccc(C)c(NC2=C(Cl)C(=O)N(Cc3ccccc3)C2=O)c1. The maximum Gasteiger partial charge on any atom is 0.279 e. The molecule has 0 unspecified atom stereocenters. The summed E-state index contributed by atoms with van der Waals surface area (Å²) in [7, 11) is 1.49. The topological polar surface area (TPSA) is 87.7 Å². The van der Waals surface area contributed by atoms with Crippen molar-refractivity contribution < 1.29 is 19.1 Å². The van der Waals surface area contributed by atoms with Gasteiger partial charge in [-0.1, -0.05) is 59.6 Å². The molecule has 0 bridgehead atoms. The Bertz CT molecular complexity index is 1400. The molecule has 3 aromatic carbocycles. The third-order valence-electron chi connectivity index (χ3n) is 5.78. The van der Waals surface area contributed by atoms with Gasteiger partial charge in [0.05, 0.1) is 19.3 Å². The van der Waals surface area contributed by atoms with E-state index in [9.17, 15) is 14.4 Å². The lowest BCUT2D eigenvalue weighted by Gasteiger charge is -2.16. The molecule has 0 aliphatic carbocycles. The molecule has 3 aromatic rings.